The Balaban J connectivity index is 2.12. The molecule has 0 aliphatic carbocycles. The highest BCUT2D eigenvalue weighted by Gasteiger charge is 2.24. The number of hydrogen-bond donors (Lipinski definition) is 2. The molecule has 6 nitrogen and oxygen atoms in total. The number of rotatable bonds is 4. The number of piperidine rings is 1. The van der Waals surface area contributed by atoms with Crippen LogP contribution in [0.5, 0.6) is 0 Å². The lowest BCUT2D eigenvalue weighted by atomic mass is 9.98. The van der Waals surface area contributed by atoms with Crippen molar-refractivity contribution < 1.29 is 14.7 Å². The summed E-state index contributed by atoms with van der Waals surface area (Å²) in [5.74, 6) is 0.365. The number of carbonyl (C=O) groups excluding carboxylic acids is 1. The van der Waals surface area contributed by atoms with Crippen molar-refractivity contribution in [1.29, 1.82) is 0 Å². The van der Waals surface area contributed by atoms with Gasteiger partial charge in [0, 0.05) is 31.3 Å². The maximum atomic E-state index is 12.6. The molecule has 21 heavy (non-hydrogen) atoms. The number of nitrogens with two attached hydrogens (primary N) is 1. The molecule has 1 aromatic carbocycles. The molecule has 1 unspecified atom stereocenters. The van der Waals surface area contributed by atoms with Gasteiger partial charge in [0.15, 0.2) is 5.84 Å². The van der Waals surface area contributed by atoms with E-state index in [9.17, 15) is 4.79 Å². The summed E-state index contributed by atoms with van der Waals surface area (Å²) in [7, 11) is 1.68. The van der Waals surface area contributed by atoms with Crippen molar-refractivity contribution in [2.45, 2.75) is 12.8 Å². The zero-order valence-corrected chi connectivity index (χ0v) is 12.2. The molecule has 0 aromatic heterocycles. The molecule has 1 saturated heterocycles. The van der Waals surface area contributed by atoms with E-state index >= 15 is 0 Å². The number of carbonyl (C=O) groups is 1. The fraction of sp³-hybridized carbons (Fsp3) is 0.467. The first-order valence-corrected chi connectivity index (χ1v) is 7.02. The monoisotopic (exact) mass is 291 g/mol. The van der Waals surface area contributed by atoms with E-state index in [0.29, 0.717) is 30.2 Å². The van der Waals surface area contributed by atoms with Gasteiger partial charge in [0.2, 0.25) is 0 Å². The van der Waals surface area contributed by atoms with E-state index in [4.69, 9.17) is 15.7 Å². The van der Waals surface area contributed by atoms with Gasteiger partial charge in [-0.1, -0.05) is 17.3 Å². The normalized spacial score (nSPS) is 19.6. The van der Waals surface area contributed by atoms with Crippen LogP contribution in [0.1, 0.15) is 28.8 Å². The number of likely N-dealkylation sites (tertiary alicyclic amines) is 1. The summed E-state index contributed by atoms with van der Waals surface area (Å²) >= 11 is 0. The Morgan fingerprint density at radius 3 is 3.00 bits per heavy atom. The van der Waals surface area contributed by atoms with Crippen LogP contribution >= 0.6 is 0 Å². The van der Waals surface area contributed by atoms with Crippen LogP contribution in [0.15, 0.2) is 29.4 Å². The van der Waals surface area contributed by atoms with Crippen molar-refractivity contribution in [3.05, 3.63) is 35.4 Å². The largest absolute Gasteiger partial charge is 0.409 e. The number of oxime groups is 1. The lowest BCUT2D eigenvalue weighted by molar-refractivity contribution is 0.0571. The zero-order chi connectivity index (χ0) is 15.2. The molecule has 0 bridgehead atoms. The molecule has 1 aromatic rings. The van der Waals surface area contributed by atoms with Gasteiger partial charge in [-0.05, 0) is 30.9 Å². The molecule has 0 spiro atoms. The first-order valence-electron chi connectivity index (χ1n) is 7.02. The van der Waals surface area contributed by atoms with Gasteiger partial charge in [-0.25, -0.2) is 0 Å². The molecule has 1 heterocycles. The number of amides is 1. The van der Waals surface area contributed by atoms with Gasteiger partial charge in [0.1, 0.15) is 0 Å². The van der Waals surface area contributed by atoms with E-state index in [1.54, 1.807) is 31.4 Å². The summed E-state index contributed by atoms with van der Waals surface area (Å²) in [5, 5.41) is 11.7. The smallest absolute Gasteiger partial charge is 0.253 e. The maximum absolute atomic E-state index is 12.6. The van der Waals surface area contributed by atoms with Crippen LogP contribution in [0.3, 0.4) is 0 Å². The van der Waals surface area contributed by atoms with Crippen molar-refractivity contribution >= 4 is 11.7 Å². The summed E-state index contributed by atoms with van der Waals surface area (Å²) in [4.78, 5) is 14.4. The lowest BCUT2D eigenvalue weighted by Crippen LogP contribution is -2.41. The number of ether oxygens (including phenoxy) is 1. The average Bonchev–Trinajstić information content (AvgIpc) is 2.54. The van der Waals surface area contributed by atoms with Crippen LogP contribution in [0, 0.1) is 5.92 Å². The number of methoxy groups -OCH3 is 1. The Morgan fingerprint density at radius 2 is 2.29 bits per heavy atom. The van der Waals surface area contributed by atoms with Gasteiger partial charge in [-0.3, -0.25) is 4.79 Å². The molecule has 3 N–H and O–H groups in total. The topological polar surface area (TPSA) is 88.2 Å². The van der Waals surface area contributed by atoms with Crippen molar-refractivity contribution in [2.75, 3.05) is 26.8 Å². The van der Waals surface area contributed by atoms with Gasteiger partial charge in [-0.15, -0.1) is 0 Å². The molecule has 1 amide bonds. The first kappa shape index (κ1) is 15.3. The molecule has 1 atom stereocenters. The van der Waals surface area contributed by atoms with Crippen LogP contribution < -0.4 is 5.73 Å². The molecular formula is C15H21N3O3. The van der Waals surface area contributed by atoms with E-state index in [0.717, 1.165) is 19.4 Å². The lowest BCUT2D eigenvalue weighted by Gasteiger charge is -2.32. The summed E-state index contributed by atoms with van der Waals surface area (Å²) in [6.45, 7) is 2.14. The van der Waals surface area contributed by atoms with Gasteiger partial charge in [0.25, 0.3) is 5.91 Å². The number of amidine groups is 1. The van der Waals surface area contributed by atoms with Crippen LogP contribution in [0.4, 0.5) is 0 Å². The Kier molecular flexibility index (Phi) is 5.16. The Hall–Kier alpha value is -2.08. The molecule has 0 saturated carbocycles. The fourth-order valence-electron chi connectivity index (χ4n) is 2.67. The fourth-order valence-corrected chi connectivity index (χ4v) is 2.67. The predicted molar refractivity (Wildman–Crippen MR) is 79.5 cm³/mol. The van der Waals surface area contributed by atoms with Crippen LogP contribution in [-0.2, 0) is 4.74 Å². The number of benzene rings is 1. The quantitative estimate of drug-likeness (QED) is 0.378. The van der Waals surface area contributed by atoms with E-state index in [-0.39, 0.29) is 11.7 Å². The van der Waals surface area contributed by atoms with E-state index in [2.05, 4.69) is 5.16 Å². The van der Waals surface area contributed by atoms with Gasteiger partial charge in [0.05, 0.1) is 6.61 Å². The Morgan fingerprint density at radius 1 is 1.52 bits per heavy atom. The molecule has 1 fully saturated rings. The molecule has 1 aliphatic rings. The molecule has 0 radical (unpaired) electrons. The summed E-state index contributed by atoms with van der Waals surface area (Å²) < 4.78 is 5.18. The van der Waals surface area contributed by atoms with Crippen molar-refractivity contribution in [3.63, 3.8) is 0 Å². The summed E-state index contributed by atoms with van der Waals surface area (Å²) in [6, 6.07) is 6.83. The minimum absolute atomic E-state index is 0.000513. The van der Waals surface area contributed by atoms with Crippen LogP contribution in [-0.4, -0.2) is 48.7 Å². The van der Waals surface area contributed by atoms with Crippen molar-refractivity contribution in [2.24, 2.45) is 16.8 Å². The van der Waals surface area contributed by atoms with E-state index in [1.165, 1.54) is 0 Å². The van der Waals surface area contributed by atoms with Crippen molar-refractivity contribution in [1.82, 2.24) is 4.90 Å². The maximum Gasteiger partial charge on any atom is 0.253 e. The second kappa shape index (κ2) is 7.08. The standard InChI is InChI=1S/C15H21N3O3/c1-21-10-11-4-3-7-18(9-11)15(19)13-6-2-5-12(8-13)14(16)17-20/h2,5-6,8,11,20H,3-4,7,9-10H2,1H3,(H2,16,17). The molecule has 1 aliphatic heterocycles. The average molecular weight is 291 g/mol. The van der Waals surface area contributed by atoms with Gasteiger partial charge < -0.3 is 20.6 Å². The third-order valence-electron chi connectivity index (χ3n) is 3.72. The third-order valence-corrected chi connectivity index (χ3v) is 3.72. The highest BCUT2D eigenvalue weighted by Crippen LogP contribution is 2.19. The molecule has 114 valence electrons. The number of nitrogens with zero attached hydrogens (tertiary/aromatic N) is 2. The Labute approximate surface area is 124 Å². The third kappa shape index (κ3) is 3.72. The minimum Gasteiger partial charge on any atom is -0.409 e. The SMILES string of the molecule is COCC1CCCN(C(=O)c2cccc(/C(N)=N/O)c2)C1. The van der Waals surface area contributed by atoms with Crippen LogP contribution in [0.25, 0.3) is 0 Å². The Bertz CT molecular complexity index is 529. The van der Waals surface area contributed by atoms with Crippen molar-refractivity contribution in [3.8, 4) is 0 Å². The van der Waals surface area contributed by atoms with E-state index in [1.807, 2.05) is 4.90 Å². The van der Waals surface area contributed by atoms with Crippen LogP contribution in [0.2, 0.25) is 0 Å². The predicted octanol–water partition coefficient (Wildman–Crippen LogP) is 1.28. The van der Waals surface area contributed by atoms with E-state index < -0.39 is 0 Å². The molecule has 2 rings (SSSR count). The number of hydrogen-bond acceptors (Lipinski definition) is 4. The molecule has 6 heteroatoms. The highest BCUT2D eigenvalue weighted by molar-refractivity contribution is 6.01. The van der Waals surface area contributed by atoms with Gasteiger partial charge >= 0.3 is 0 Å². The molecular weight excluding hydrogens is 270 g/mol. The first-order chi connectivity index (χ1) is 10.2. The second-order valence-electron chi connectivity index (χ2n) is 5.28. The second-order valence-corrected chi connectivity index (χ2v) is 5.28. The minimum atomic E-state index is -0.0246. The zero-order valence-electron chi connectivity index (χ0n) is 12.2. The summed E-state index contributed by atoms with van der Waals surface area (Å²) in [6.07, 6.45) is 2.07. The van der Waals surface area contributed by atoms with Gasteiger partial charge in [-0.2, -0.15) is 0 Å². The summed E-state index contributed by atoms with van der Waals surface area (Å²) in [5.41, 5.74) is 6.65. The highest BCUT2D eigenvalue weighted by atomic mass is 16.5.